The summed E-state index contributed by atoms with van der Waals surface area (Å²) in [5.41, 5.74) is 4.67. The van der Waals surface area contributed by atoms with Crippen molar-refractivity contribution >= 4 is 24.5 Å². The number of aryl methyl sites for hydroxylation is 1. The summed E-state index contributed by atoms with van der Waals surface area (Å²) in [5.74, 6) is 0. The molecule has 15 heavy (non-hydrogen) atoms. The summed E-state index contributed by atoms with van der Waals surface area (Å²) in [6, 6.07) is 7.79. The number of thiol groups is 1. The molecule has 0 aliphatic carbocycles. The Kier molecular flexibility index (Phi) is 3.13. The van der Waals surface area contributed by atoms with Gasteiger partial charge in [0.25, 0.3) is 0 Å². The summed E-state index contributed by atoms with van der Waals surface area (Å²) < 4.78 is 0. The van der Waals surface area contributed by atoms with Crippen molar-refractivity contribution in [3.63, 3.8) is 0 Å². The van der Waals surface area contributed by atoms with Crippen LogP contribution in [0.25, 0.3) is 0 Å². The van der Waals surface area contributed by atoms with Gasteiger partial charge in [-0.3, -0.25) is 10.3 Å². The van der Waals surface area contributed by atoms with E-state index in [2.05, 4.69) is 29.1 Å². The highest BCUT2D eigenvalue weighted by atomic mass is 32.1. The van der Waals surface area contributed by atoms with Crippen molar-refractivity contribution in [2.24, 2.45) is 0 Å². The molecule has 0 saturated carbocycles. The summed E-state index contributed by atoms with van der Waals surface area (Å²) in [4.78, 5) is 15.7. The van der Waals surface area contributed by atoms with Crippen LogP contribution >= 0.6 is 12.8 Å². The van der Waals surface area contributed by atoms with E-state index in [1.54, 1.807) is 4.90 Å². The van der Waals surface area contributed by atoms with Crippen molar-refractivity contribution in [1.29, 1.82) is 0 Å². The van der Waals surface area contributed by atoms with Crippen LogP contribution in [0, 0.1) is 0 Å². The van der Waals surface area contributed by atoms with Gasteiger partial charge in [0.2, 0.25) is 0 Å². The van der Waals surface area contributed by atoms with Crippen molar-refractivity contribution < 1.29 is 4.79 Å². The van der Waals surface area contributed by atoms with E-state index in [0.717, 1.165) is 25.1 Å². The molecule has 1 aliphatic rings. The maximum Gasteiger partial charge on any atom is 0.336 e. The highest BCUT2D eigenvalue weighted by Crippen LogP contribution is 2.26. The Morgan fingerprint density at radius 3 is 3.00 bits per heavy atom. The fraction of sp³-hybridized carbons (Fsp3) is 0.300. The first-order valence-electron chi connectivity index (χ1n) is 4.87. The number of carbonyl (C=O) groups excluding carboxylic acids is 1. The Morgan fingerprint density at radius 2 is 2.20 bits per heavy atom. The van der Waals surface area contributed by atoms with Gasteiger partial charge in [0.05, 0.1) is 0 Å². The van der Waals surface area contributed by atoms with E-state index in [1.807, 2.05) is 18.2 Å². The molecule has 0 fully saturated rings. The molecule has 1 aromatic carbocycles. The van der Waals surface area contributed by atoms with E-state index in [0.29, 0.717) is 0 Å². The molecule has 0 radical (unpaired) electrons. The van der Waals surface area contributed by atoms with E-state index >= 15 is 0 Å². The number of amides is 2. The molecule has 0 aromatic heterocycles. The quantitative estimate of drug-likeness (QED) is 0.499. The third-order valence-electron chi connectivity index (χ3n) is 2.52. The molecular weight excluding hydrogens is 210 g/mol. The number of rotatable bonds is 1. The van der Waals surface area contributed by atoms with Crippen molar-refractivity contribution in [3.05, 3.63) is 29.8 Å². The zero-order valence-electron chi connectivity index (χ0n) is 8.23. The van der Waals surface area contributed by atoms with Crippen LogP contribution in [-0.2, 0) is 6.42 Å². The van der Waals surface area contributed by atoms with E-state index in [9.17, 15) is 4.79 Å². The number of anilines is 1. The Hall–Kier alpha value is -1.20. The van der Waals surface area contributed by atoms with Crippen LogP contribution in [0.4, 0.5) is 10.5 Å². The average Bonchev–Trinajstić information content (AvgIpc) is 2.28. The number of benzene rings is 1. The van der Waals surface area contributed by atoms with Crippen LogP contribution in [0.1, 0.15) is 12.0 Å². The molecule has 0 saturated heterocycles. The molecule has 2 rings (SSSR count). The smallest absolute Gasteiger partial charge is 0.293 e. The monoisotopic (exact) mass is 223 g/mol. The van der Waals surface area contributed by atoms with Gasteiger partial charge in [0.1, 0.15) is 0 Å². The molecule has 0 atom stereocenters. The van der Waals surface area contributed by atoms with Crippen LogP contribution in [0.5, 0.6) is 0 Å². The lowest BCUT2D eigenvalue weighted by molar-refractivity contribution is 0.245. The maximum absolute atomic E-state index is 11.7. The molecule has 2 N–H and O–H groups in total. The molecule has 1 aromatic rings. The summed E-state index contributed by atoms with van der Waals surface area (Å²) >= 11 is 3.74. The Morgan fingerprint density at radius 1 is 1.40 bits per heavy atom. The number of urea groups is 1. The molecule has 5 heteroatoms. The second-order valence-corrected chi connectivity index (χ2v) is 3.65. The van der Waals surface area contributed by atoms with Crippen molar-refractivity contribution in [2.75, 3.05) is 11.4 Å². The van der Waals surface area contributed by atoms with Crippen LogP contribution in [0.15, 0.2) is 24.3 Å². The number of nitrogens with one attached hydrogen (secondary N) is 2. The van der Waals surface area contributed by atoms with E-state index in [-0.39, 0.29) is 6.03 Å². The summed E-state index contributed by atoms with van der Waals surface area (Å²) in [6.07, 6.45) is 2.03. The van der Waals surface area contributed by atoms with Gasteiger partial charge < -0.3 is 0 Å². The normalized spacial score (nSPS) is 14.6. The summed E-state index contributed by atoms with van der Waals surface area (Å²) in [5, 5.41) is 0. The molecule has 4 nitrogen and oxygen atoms in total. The highest BCUT2D eigenvalue weighted by Gasteiger charge is 2.21. The van der Waals surface area contributed by atoms with Gasteiger partial charge in [0.15, 0.2) is 0 Å². The van der Waals surface area contributed by atoms with Gasteiger partial charge in [-0.25, -0.2) is 4.79 Å². The number of para-hydroxylation sites is 1. The predicted octanol–water partition coefficient (Wildman–Crippen LogP) is 1.50. The number of fused-ring (bicyclic) bond motifs is 1. The van der Waals surface area contributed by atoms with Crippen molar-refractivity contribution in [1.82, 2.24) is 10.3 Å². The minimum absolute atomic E-state index is 0.169. The maximum atomic E-state index is 11.7. The second-order valence-electron chi connectivity index (χ2n) is 3.43. The van der Waals surface area contributed by atoms with Gasteiger partial charge in [-0.1, -0.05) is 31.0 Å². The van der Waals surface area contributed by atoms with Gasteiger partial charge >= 0.3 is 6.03 Å². The lowest BCUT2D eigenvalue weighted by atomic mass is 10.0. The number of hydrogen-bond acceptors (Lipinski definition) is 3. The topological polar surface area (TPSA) is 44.4 Å². The third kappa shape index (κ3) is 2.08. The minimum atomic E-state index is -0.169. The lowest BCUT2D eigenvalue weighted by Gasteiger charge is -2.29. The number of carbonyl (C=O) groups is 1. The molecular formula is C10H13N3OS. The van der Waals surface area contributed by atoms with Crippen LogP contribution < -0.4 is 15.2 Å². The Labute approximate surface area is 94.2 Å². The molecule has 1 heterocycles. The van der Waals surface area contributed by atoms with Gasteiger partial charge in [-0.2, -0.15) is 4.83 Å². The van der Waals surface area contributed by atoms with E-state index in [4.69, 9.17) is 0 Å². The van der Waals surface area contributed by atoms with E-state index in [1.165, 1.54) is 5.56 Å². The SMILES string of the molecule is O=C(NNS)N1CCCc2ccccc21. The first-order valence-corrected chi connectivity index (χ1v) is 5.32. The average molecular weight is 223 g/mol. The molecule has 2 amide bonds. The van der Waals surface area contributed by atoms with Crippen LogP contribution in [0.3, 0.4) is 0 Å². The molecule has 1 aliphatic heterocycles. The number of hydrogen-bond donors (Lipinski definition) is 3. The van der Waals surface area contributed by atoms with Crippen LogP contribution in [0.2, 0.25) is 0 Å². The first-order chi connectivity index (χ1) is 7.33. The van der Waals surface area contributed by atoms with Gasteiger partial charge in [0, 0.05) is 12.2 Å². The summed E-state index contributed by atoms with van der Waals surface area (Å²) in [7, 11) is 0. The number of nitrogens with zero attached hydrogens (tertiary/aromatic N) is 1. The highest BCUT2D eigenvalue weighted by molar-refractivity contribution is 7.78. The van der Waals surface area contributed by atoms with Crippen molar-refractivity contribution in [2.45, 2.75) is 12.8 Å². The largest absolute Gasteiger partial charge is 0.336 e. The standard InChI is InChI=1S/C10H13N3OS/c14-10(11-12-15)13-7-3-5-8-4-1-2-6-9(8)13/h1-2,4,6,12,15H,3,5,7H2,(H,11,14). The molecule has 80 valence electrons. The minimum Gasteiger partial charge on any atom is -0.293 e. The third-order valence-corrected chi connectivity index (χ3v) is 2.63. The lowest BCUT2D eigenvalue weighted by Crippen LogP contribution is -2.45. The molecule has 0 bridgehead atoms. The second kappa shape index (κ2) is 4.55. The number of hydrazine groups is 1. The zero-order chi connectivity index (χ0) is 10.7. The van der Waals surface area contributed by atoms with Crippen LogP contribution in [-0.4, -0.2) is 12.6 Å². The fourth-order valence-corrected chi connectivity index (χ4v) is 1.96. The van der Waals surface area contributed by atoms with Gasteiger partial charge in [-0.05, 0) is 24.5 Å². The zero-order valence-corrected chi connectivity index (χ0v) is 9.13. The Balaban J connectivity index is 2.25. The van der Waals surface area contributed by atoms with Crippen molar-refractivity contribution in [3.8, 4) is 0 Å². The molecule has 0 spiro atoms. The predicted molar refractivity (Wildman–Crippen MR) is 62.8 cm³/mol. The summed E-state index contributed by atoms with van der Waals surface area (Å²) in [6.45, 7) is 0.748. The molecule has 0 unspecified atom stereocenters. The first kappa shape index (κ1) is 10.3. The van der Waals surface area contributed by atoms with E-state index < -0.39 is 0 Å². The Bertz CT molecular complexity index is 369. The van der Waals surface area contributed by atoms with Gasteiger partial charge in [-0.15, -0.1) is 0 Å². The fourth-order valence-electron chi connectivity index (χ4n) is 1.86.